The van der Waals surface area contributed by atoms with Crippen molar-refractivity contribution in [1.82, 2.24) is 0 Å². The molecule has 14 heavy (non-hydrogen) atoms. The summed E-state index contributed by atoms with van der Waals surface area (Å²) in [5.41, 5.74) is -1.10. The molecule has 1 N–H and O–H groups in total. The summed E-state index contributed by atoms with van der Waals surface area (Å²) < 4.78 is 13.1. The first kappa shape index (κ1) is 11.2. The first-order valence-corrected chi connectivity index (χ1v) is 5.29. The number of carbonyl (C=O) groups is 2. The van der Waals surface area contributed by atoms with Crippen LogP contribution in [0.15, 0.2) is 11.9 Å². The van der Waals surface area contributed by atoms with Gasteiger partial charge >= 0.3 is 5.97 Å². The van der Waals surface area contributed by atoms with Gasteiger partial charge in [0.05, 0.1) is 5.41 Å². The van der Waals surface area contributed by atoms with Crippen molar-refractivity contribution in [2.24, 2.45) is 5.41 Å². The van der Waals surface area contributed by atoms with Crippen molar-refractivity contribution in [3.63, 3.8) is 0 Å². The summed E-state index contributed by atoms with van der Waals surface area (Å²) in [6.07, 6.45) is 1.78. The van der Waals surface area contributed by atoms with E-state index >= 15 is 0 Å². The van der Waals surface area contributed by atoms with Crippen molar-refractivity contribution >= 4 is 22.8 Å². The van der Waals surface area contributed by atoms with Crippen molar-refractivity contribution in [3.8, 4) is 0 Å². The molecule has 1 aliphatic rings. The number of hydrogen-bond acceptors (Lipinski definition) is 3. The Morgan fingerprint density at radius 1 is 1.57 bits per heavy atom. The van der Waals surface area contributed by atoms with E-state index in [1.54, 1.807) is 6.92 Å². The summed E-state index contributed by atoms with van der Waals surface area (Å²) in [6, 6.07) is 0. The van der Waals surface area contributed by atoms with Gasteiger partial charge in [0.2, 0.25) is 5.12 Å². The first-order valence-electron chi connectivity index (χ1n) is 4.31. The minimum Gasteiger partial charge on any atom is -0.481 e. The van der Waals surface area contributed by atoms with Crippen LogP contribution < -0.4 is 0 Å². The Bertz CT molecular complexity index is 294. The minimum absolute atomic E-state index is 0.416. The van der Waals surface area contributed by atoms with Gasteiger partial charge in [-0.3, -0.25) is 9.59 Å². The predicted molar refractivity (Wildman–Crippen MR) is 51.6 cm³/mol. The zero-order valence-electron chi connectivity index (χ0n) is 7.75. The van der Waals surface area contributed by atoms with Crippen LogP contribution in [0.2, 0.25) is 0 Å². The SMILES string of the molecule is CCSC(=O)C(F)=CC1(C(=O)O)CC1. The lowest BCUT2D eigenvalue weighted by Gasteiger charge is -2.02. The maximum absolute atomic E-state index is 13.1. The smallest absolute Gasteiger partial charge is 0.313 e. The van der Waals surface area contributed by atoms with Crippen LogP contribution in [0.3, 0.4) is 0 Å². The van der Waals surface area contributed by atoms with Gasteiger partial charge in [0, 0.05) is 0 Å². The average molecular weight is 218 g/mol. The number of carbonyl (C=O) groups excluding carboxylic acids is 1. The molecule has 0 bridgehead atoms. The molecular weight excluding hydrogens is 207 g/mol. The molecule has 1 aliphatic carbocycles. The summed E-state index contributed by atoms with van der Waals surface area (Å²) in [7, 11) is 0. The summed E-state index contributed by atoms with van der Waals surface area (Å²) >= 11 is 0.844. The Hall–Kier alpha value is -0.840. The molecule has 1 fully saturated rings. The molecule has 3 nitrogen and oxygen atoms in total. The first-order chi connectivity index (χ1) is 6.52. The maximum atomic E-state index is 13.1. The van der Waals surface area contributed by atoms with E-state index in [4.69, 9.17) is 5.11 Å². The number of halogens is 1. The molecular formula is C9H11FO3S. The Morgan fingerprint density at radius 2 is 2.14 bits per heavy atom. The van der Waals surface area contributed by atoms with Crippen LogP contribution in [0.4, 0.5) is 4.39 Å². The van der Waals surface area contributed by atoms with Gasteiger partial charge < -0.3 is 5.11 Å². The van der Waals surface area contributed by atoms with Gasteiger partial charge in [0.1, 0.15) is 0 Å². The molecule has 0 amide bonds. The Kier molecular flexibility index (Phi) is 3.31. The Balaban J connectivity index is 2.68. The molecule has 5 heteroatoms. The molecule has 1 saturated carbocycles. The van der Waals surface area contributed by atoms with Gasteiger partial charge in [-0.2, -0.15) is 0 Å². The van der Waals surface area contributed by atoms with Crippen LogP contribution in [0.5, 0.6) is 0 Å². The van der Waals surface area contributed by atoms with Crippen molar-refractivity contribution in [2.75, 3.05) is 5.75 Å². The Labute approximate surface area is 85.4 Å². The zero-order chi connectivity index (χ0) is 10.8. The molecule has 0 saturated heterocycles. The Morgan fingerprint density at radius 3 is 2.50 bits per heavy atom. The highest BCUT2D eigenvalue weighted by Gasteiger charge is 2.49. The van der Waals surface area contributed by atoms with Gasteiger partial charge in [-0.25, -0.2) is 4.39 Å². The fourth-order valence-corrected chi connectivity index (χ4v) is 1.52. The second-order valence-corrected chi connectivity index (χ2v) is 4.41. The molecule has 78 valence electrons. The second kappa shape index (κ2) is 4.13. The maximum Gasteiger partial charge on any atom is 0.313 e. The summed E-state index contributed by atoms with van der Waals surface area (Å²) in [6.45, 7) is 1.74. The number of aliphatic carboxylic acids is 1. The van der Waals surface area contributed by atoms with E-state index < -0.39 is 22.3 Å². The topological polar surface area (TPSA) is 54.4 Å². The van der Waals surface area contributed by atoms with E-state index in [0.29, 0.717) is 18.6 Å². The van der Waals surface area contributed by atoms with Gasteiger partial charge in [0.25, 0.3) is 0 Å². The highest BCUT2D eigenvalue weighted by atomic mass is 32.2. The minimum atomic E-state index is -1.10. The molecule has 0 radical (unpaired) electrons. The van der Waals surface area contributed by atoms with Gasteiger partial charge in [-0.15, -0.1) is 0 Å². The van der Waals surface area contributed by atoms with E-state index in [9.17, 15) is 14.0 Å². The lowest BCUT2D eigenvalue weighted by molar-refractivity contribution is -0.141. The quantitative estimate of drug-likeness (QED) is 0.733. The predicted octanol–water partition coefficient (Wildman–Crippen LogP) is 1.98. The standard InChI is InChI=1S/C9H11FO3S/c1-2-14-7(11)6(10)5-9(3-4-9)8(12)13/h5H,2-4H2,1H3,(H,12,13). The van der Waals surface area contributed by atoms with Crippen molar-refractivity contribution < 1.29 is 19.1 Å². The molecule has 0 unspecified atom stereocenters. The molecule has 0 aliphatic heterocycles. The van der Waals surface area contributed by atoms with Crippen LogP contribution in [0.25, 0.3) is 0 Å². The largest absolute Gasteiger partial charge is 0.481 e. The highest BCUT2D eigenvalue weighted by molar-refractivity contribution is 8.14. The van der Waals surface area contributed by atoms with Gasteiger partial charge in [-0.1, -0.05) is 18.7 Å². The summed E-state index contributed by atoms with van der Waals surface area (Å²) in [5.74, 6) is -1.50. The molecule has 0 aromatic carbocycles. The number of carboxylic acid groups (broad SMARTS) is 1. The normalized spacial score (nSPS) is 19.1. The van der Waals surface area contributed by atoms with E-state index in [0.717, 1.165) is 17.8 Å². The van der Waals surface area contributed by atoms with E-state index in [1.807, 2.05) is 0 Å². The highest BCUT2D eigenvalue weighted by Crippen LogP contribution is 2.48. The number of carboxylic acids is 1. The number of rotatable bonds is 4. The molecule has 0 aromatic heterocycles. The third-order valence-corrected chi connectivity index (χ3v) is 2.83. The lowest BCUT2D eigenvalue weighted by Crippen LogP contribution is -2.13. The van der Waals surface area contributed by atoms with Crippen LogP contribution in [-0.2, 0) is 9.59 Å². The number of hydrogen-bond donors (Lipinski definition) is 1. The van der Waals surface area contributed by atoms with Crippen molar-refractivity contribution in [2.45, 2.75) is 19.8 Å². The van der Waals surface area contributed by atoms with Gasteiger partial charge in [0.15, 0.2) is 5.83 Å². The van der Waals surface area contributed by atoms with E-state index in [-0.39, 0.29) is 0 Å². The number of thioether (sulfide) groups is 1. The molecule has 0 aromatic rings. The summed E-state index contributed by atoms with van der Waals surface area (Å²) in [4.78, 5) is 21.7. The molecule has 0 heterocycles. The zero-order valence-corrected chi connectivity index (χ0v) is 8.57. The van der Waals surface area contributed by atoms with Crippen molar-refractivity contribution in [3.05, 3.63) is 11.9 Å². The average Bonchev–Trinajstić information content (AvgIpc) is 2.86. The summed E-state index contributed by atoms with van der Waals surface area (Å²) in [5, 5.41) is 8.05. The third kappa shape index (κ3) is 2.35. The van der Waals surface area contributed by atoms with Crippen LogP contribution in [0.1, 0.15) is 19.8 Å². The third-order valence-electron chi connectivity index (χ3n) is 2.09. The fraction of sp³-hybridized carbons (Fsp3) is 0.556. The molecule has 0 spiro atoms. The van der Waals surface area contributed by atoms with E-state index in [2.05, 4.69) is 0 Å². The monoisotopic (exact) mass is 218 g/mol. The van der Waals surface area contributed by atoms with Crippen LogP contribution >= 0.6 is 11.8 Å². The van der Waals surface area contributed by atoms with Crippen LogP contribution in [0, 0.1) is 5.41 Å². The second-order valence-electron chi connectivity index (χ2n) is 3.17. The van der Waals surface area contributed by atoms with Crippen molar-refractivity contribution in [1.29, 1.82) is 0 Å². The van der Waals surface area contributed by atoms with Crippen LogP contribution in [-0.4, -0.2) is 21.9 Å². The lowest BCUT2D eigenvalue weighted by atomic mass is 10.1. The fourth-order valence-electron chi connectivity index (χ4n) is 1.06. The van der Waals surface area contributed by atoms with E-state index in [1.165, 1.54) is 0 Å². The molecule has 0 atom stereocenters. The molecule has 1 rings (SSSR count). The van der Waals surface area contributed by atoms with Gasteiger partial charge in [-0.05, 0) is 24.7 Å².